The molecule has 3 rings (SSSR count). The van der Waals surface area contributed by atoms with E-state index in [2.05, 4.69) is 12.2 Å². The molecule has 0 atom stereocenters. The molecule has 0 unspecified atom stereocenters. The highest BCUT2D eigenvalue weighted by Gasteiger charge is 2.22. The predicted molar refractivity (Wildman–Crippen MR) is 111 cm³/mol. The molecule has 1 N–H and O–H groups in total. The number of hydrogen-bond acceptors (Lipinski definition) is 5. The lowest BCUT2D eigenvalue weighted by Gasteiger charge is -2.09. The highest BCUT2D eigenvalue weighted by atomic mass is 32.1. The SMILES string of the molecule is CCc1ccc(-c2csc(NC(=O)c3ccc(OC)cc3)c2C(=O)OC)cc1. The van der Waals surface area contributed by atoms with E-state index in [1.807, 2.05) is 29.6 Å². The molecule has 0 fully saturated rings. The lowest BCUT2D eigenvalue weighted by Crippen LogP contribution is -2.14. The number of aryl methyl sites for hydroxylation is 1. The van der Waals surface area contributed by atoms with E-state index in [1.165, 1.54) is 24.0 Å². The molecular weight excluding hydrogens is 374 g/mol. The average Bonchev–Trinajstić information content (AvgIpc) is 3.16. The average molecular weight is 395 g/mol. The van der Waals surface area contributed by atoms with Gasteiger partial charge in [0.1, 0.15) is 16.3 Å². The molecule has 3 aromatic rings. The first-order chi connectivity index (χ1) is 13.6. The zero-order valence-electron chi connectivity index (χ0n) is 15.9. The Morgan fingerprint density at radius 3 is 2.25 bits per heavy atom. The summed E-state index contributed by atoms with van der Waals surface area (Å²) in [6.07, 6.45) is 0.941. The first kappa shape index (κ1) is 19.6. The van der Waals surface area contributed by atoms with Crippen LogP contribution in [0.3, 0.4) is 0 Å². The number of esters is 1. The van der Waals surface area contributed by atoms with Crippen LogP contribution in [-0.2, 0) is 11.2 Å². The summed E-state index contributed by atoms with van der Waals surface area (Å²) in [7, 11) is 2.90. The fraction of sp³-hybridized carbons (Fsp3) is 0.182. The third-order valence-corrected chi connectivity index (χ3v) is 5.33. The van der Waals surface area contributed by atoms with Crippen LogP contribution in [0.15, 0.2) is 53.9 Å². The van der Waals surface area contributed by atoms with Crippen LogP contribution in [-0.4, -0.2) is 26.1 Å². The summed E-state index contributed by atoms with van der Waals surface area (Å²) in [5, 5.41) is 5.15. The molecule has 0 spiro atoms. The monoisotopic (exact) mass is 395 g/mol. The molecule has 0 saturated carbocycles. The van der Waals surface area contributed by atoms with Gasteiger partial charge >= 0.3 is 5.97 Å². The van der Waals surface area contributed by atoms with E-state index in [9.17, 15) is 9.59 Å². The van der Waals surface area contributed by atoms with Crippen molar-refractivity contribution in [1.82, 2.24) is 0 Å². The number of amides is 1. The molecule has 5 nitrogen and oxygen atoms in total. The molecule has 28 heavy (non-hydrogen) atoms. The Labute approximate surface area is 167 Å². The zero-order chi connectivity index (χ0) is 20.1. The molecule has 1 amide bonds. The Morgan fingerprint density at radius 1 is 1.00 bits per heavy atom. The van der Waals surface area contributed by atoms with Crippen molar-refractivity contribution in [3.05, 3.63) is 70.6 Å². The predicted octanol–water partition coefficient (Wildman–Crippen LogP) is 5.03. The highest BCUT2D eigenvalue weighted by molar-refractivity contribution is 7.15. The standard InChI is InChI=1S/C22H21NO4S/c1-4-14-5-7-15(8-6-14)18-13-28-21(19(18)22(25)27-3)23-20(24)16-9-11-17(26-2)12-10-16/h5-13H,4H2,1-3H3,(H,23,24). The quantitative estimate of drug-likeness (QED) is 0.595. The first-order valence-electron chi connectivity index (χ1n) is 8.81. The van der Waals surface area contributed by atoms with Crippen LogP contribution >= 0.6 is 11.3 Å². The summed E-state index contributed by atoms with van der Waals surface area (Å²) in [5.74, 6) is -0.121. The third-order valence-electron chi connectivity index (χ3n) is 4.43. The van der Waals surface area contributed by atoms with Crippen LogP contribution in [0.1, 0.15) is 33.2 Å². The summed E-state index contributed by atoms with van der Waals surface area (Å²) >= 11 is 1.30. The molecule has 6 heteroatoms. The molecule has 0 saturated heterocycles. The van der Waals surface area contributed by atoms with Crippen LogP contribution < -0.4 is 10.1 Å². The van der Waals surface area contributed by atoms with Crippen LogP contribution in [0.25, 0.3) is 11.1 Å². The van der Waals surface area contributed by atoms with Gasteiger partial charge in [-0.3, -0.25) is 4.79 Å². The van der Waals surface area contributed by atoms with Crippen molar-refractivity contribution < 1.29 is 19.1 Å². The third kappa shape index (κ3) is 4.07. The van der Waals surface area contributed by atoms with E-state index < -0.39 is 5.97 Å². The number of carbonyl (C=O) groups excluding carboxylic acids is 2. The van der Waals surface area contributed by atoms with Gasteiger partial charge in [0.15, 0.2) is 0 Å². The second kappa shape index (κ2) is 8.71. The number of benzene rings is 2. The minimum atomic E-state index is -0.485. The van der Waals surface area contributed by atoms with E-state index >= 15 is 0 Å². The molecular formula is C22H21NO4S. The molecule has 0 bridgehead atoms. The zero-order valence-corrected chi connectivity index (χ0v) is 16.8. The number of carbonyl (C=O) groups is 2. The molecule has 0 aliphatic heterocycles. The molecule has 0 radical (unpaired) electrons. The van der Waals surface area contributed by atoms with Crippen molar-refractivity contribution in [2.45, 2.75) is 13.3 Å². The minimum Gasteiger partial charge on any atom is -0.497 e. The normalized spacial score (nSPS) is 10.4. The van der Waals surface area contributed by atoms with Crippen LogP contribution in [0.5, 0.6) is 5.75 Å². The van der Waals surface area contributed by atoms with Crippen LogP contribution in [0, 0.1) is 0 Å². The molecule has 144 valence electrons. The summed E-state index contributed by atoms with van der Waals surface area (Å²) < 4.78 is 10.1. The van der Waals surface area contributed by atoms with E-state index in [0.717, 1.165) is 17.5 Å². The maximum Gasteiger partial charge on any atom is 0.341 e. The van der Waals surface area contributed by atoms with Crippen molar-refractivity contribution in [3.63, 3.8) is 0 Å². The largest absolute Gasteiger partial charge is 0.497 e. The van der Waals surface area contributed by atoms with Gasteiger partial charge in [0.05, 0.1) is 14.2 Å². The van der Waals surface area contributed by atoms with E-state index in [0.29, 0.717) is 21.9 Å². The number of thiophene rings is 1. The van der Waals surface area contributed by atoms with Crippen molar-refractivity contribution >= 4 is 28.2 Å². The van der Waals surface area contributed by atoms with Gasteiger partial charge in [0.2, 0.25) is 0 Å². The van der Waals surface area contributed by atoms with Crippen molar-refractivity contribution in [2.75, 3.05) is 19.5 Å². The first-order valence-corrected chi connectivity index (χ1v) is 9.69. The lowest BCUT2D eigenvalue weighted by molar-refractivity contribution is 0.0603. The molecule has 1 aromatic heterocycles. The van der Waals surface area contributed by atoms with Crippen molar-refractivity contribution in [1.29, 1.82) is 0 Å². The molecule has 1 heterocycles. The summed E-state index contributed by atoms with van der Waals surface area (Å²) in [6.45, 7) is 2.09. The van der Waals surface area contributed by atoms with E-state index in [4.69, 9.17) is 9.47 Å². The number of hydrogen-bond donors (Lipinski definition) is 1. The second-order valence-electron chi connectivity index (χ2n) is 6.08. The maximum absolute atomic E-state index is 12.6. The molecule has 0 aliphatic rings. The Balaban J connectivity index is 1.93. The summed E-state index contributed by atoms with van der Waals surface area (Å²) in [5.41, 5.74) is 3.69. The van der Waals surface area contributed by atoms with Gasteiger partial charge in [-0.2, -0.15) is 0 Å². The van der Waals surface area contributed by atoms with Crippen LogP contribution in [0.4, 0.5) is 5.00 Å². The van der Waals surface area contributed by atoms with E-state index in [-0.39, 0.29) is 5.91 Å². The fourth-order valence-electron chi connectivity index (χ4n) is 2.80. The Morgan fingerprint density at radius 2 is 1.68 bits per heavy atom. The Hall–Kier alpha value is -3.12. The number of nitrogens with one attached hydrogen (secondary N) is 1. The van der Waals surface area contributed by atoms with Gasteiger partial charge in [-0.15, -0.1) is 11.3 Å². The summed E-state index contributed by atoms with van der Waals surface area (Å²) in [6, 6.07) is 14.8. The highest BCUT2D eigenvalue weighted by Crippen LogP contribution is 2.36. The van der Waals surface area contributed by atoms with E-state index in [1.54, 1.807) is 31.4 Å². The second-order valence-corrected chi connectivity index (χ2v) is 6.96. The maximum atomic E-state index is 12.6. The fourth-order valence-corrected chi connectivity index (χ4v) is 3.76. The smallest absolute Gasteiger partial charge is 0.341 e. The van der Waals surface area contributed by atoms with Gasteiger partial charge in [0.25, 0.3) is 5.91 Å². The van der Waals surface area contributed by atoms with Gasteiger partial charge < -0.3 is 14.8 Å². The van der Waals surface area contributed by atoms with Crippen molar-refractivity contribution in [2.24, 2.45) is 0 Å². The topological polar surface area (TPSA) is 64.6 Å². The molecule has 0 aliphatic carbocycles. The Bertz CT molecular complexity index is 975. The van der Waals surface area contributed by atoms with Crippen LogP contribution in [0.2, 0.25) is 0 Å². The number of rotatable bonds is 6. The minimum absolute atomic E-state index is 0.303. The van der Waals surface area contributed by atoms with Gasteiger partial charge in [-0.05, 0) is 41.8 Å². The number of methoxy groups -OCH3 is 2. The molecule has 2 aromatic carbocycles. The van der Waals surface area contributed by atoms with Gasteiger partial charge in [-0.1, -0.05) is 31.2 Å². The Kier molecular flexibility index (Phi) is 6.11. The number of anilines is 1. The van der Waals surface area contributed by atoms with Gasteiger partial charge in [-0.25, -0.2) is 4.79 Å². The van der Waals surface area contributed by atoms with Crippen molar-refractivity contribution in [3.8, 4) is 16.9 Å². The number of ether oxygens (including phenoxy) is 2. The lowest BCUT2D eigenvalue weighted by atomic mass is 10.0. The summed E-state index contributed by atoms with van der Waals surface area (Å²) in [4.78, 5) is 25.0. The van der Waals surface area contributed by atoms with Gasteiger partial charge in [0, 0.05) is 16.5 Å².